The lowest BCUT2D eigenvalue weighted by molar-refractivity contribution is 0.599. The molecule has 1 atom stereocenters. The summed E-state index contributed by atoms with van der Waals surface area (Å²) in [5, 5.41) is 3.51. The molecule has 0 aliphatic rings. The number of nitrogens with one attached hydrogen (secondary N) is 1. The van der Waals surface area contributed by atoms with Crippen LogP contribution in [-0.4, -0.2) is 17.3 Å². The monoisotopic (exact) mass is 258 g/mol. The number of aromatic nitrogens is 1. The van der Waals surface area contributed by atoms with Gasteiger partial charge in [-0.25, -0.2) is 0 Å². The highest BCUT2D eigenvalue weighted by molar-refractivity contribution is 7.99. The van der Waals surface area contributed by atoms with Crippen molar-refractivity contribution in [2.75, 3.05) is 12.3 Å². The van der Waals surface area contributed by atoms with Gasteiger partial charge in [-0.2, -0.15) is 0 Å². The minimum absolute atomic E-state index is 0.357. The standard InChI is InChI=1S/C15H18N2S/c1-13(14-6-5-9-16-12-14)17-10-11-18-15-7-3-2-4-8-15/h2-9,12-13,17H,10-11H2,1H3/t13-/m0/s1. The first-order valence-electron chi connectivity index (χ1n) is 6.17. The first-order valence-corrected chi connectivity index (χ1v) is 7.16. The average molecular weight is 258 g/mol. The molecule has 0 saturated carbocycles. The van der Waals surface area contributed by atoms with Crippen molar-refractivity contribution in [2.24, 2.45) is 0 Å². The van der Waals surface area contributed by atoms with E-state index in [9.17, 15) is 0 Å². The van der Waals surface area contributed by atoms with E-state index in [-0.39, 0.29) is 0 Å². The van der Waals surface area contributed by atoms with Crippen LogP contribution in [0.2, 0.25) is 0 Å². The average Bonchev–Trinajstić information content (AvgIpc) is 2.45. The fraction of sp³-hybridized carbons (Fsp3) is 0.267. The van der Waals surface area contributed by atoms with Crippen LogP contribution in [0.15, 0.2) is 59.8 Å². The molecule has 2 rings (SSSR count). The number of benzene rings is 1. The predicted molar refractivity (Wildman–Crippen MR) is 77.8 cm³/mol. The van der Waals surface area contributed by atoms with Gasteiger partial charge >= 0.3 is 0 Å². The summed E-state index contributed by atoms with van der Waals surface area (Å²) in [7, 11) is 0. The third kappa shape index (κ3) is 4.17. The Hall–Kier alpha value is -1.32. The molecule has 1 aromatic heterocycles. The number of nitrogens with zero attached hydrogens (tertiary/aromatic N) is 1. The maximum absolute atomic E-state index is 4.14. The maximum Gasteiger partial charge on any atom is 0.0315 e. The van der Waals surface area contributed by atoms with Gasteiger partial charge in [0.25, 0.3) is 0 Å². The fourth-order valence-corrected chi connectivity index (χ4v) is 2.52. The van der Waals surface area contributed by atoms with E-state index in [0.717, 1.165) is 12.3 Å². The van der Waals surface area contributed by atoms with Gasteiger partial charge in [0, 0.05) is 35.6 Å². The molecule has 1 N–H and O–H groups in total. The number of thioether (sulfide) groups is 1. The Morgan fingerprint density at radius 3 is 2.72 bits per heavy atom. The molecule has 2 nitrogen and oxygen atoms in total. The summed E-state index contributed by atoms with van der Waals surface area (Å²) in [5.74, 6) is 1.08. The molecule has 0 saturated heterocycles. The van der Waals surface area contributed by atoms with Crippen molar-refractivity contribution in [1.82, 2.24) is 10.3 Å². The van der Waals surface area contributed by atoms with Gasteiger partial charge in [0.2, 0.25) is 0 Å². The Morgan fingerprint density at radius 2 is 2.00 bits per heavy atom. The molecule has 0 radical (unpaired) electrons. The van der Waals surface area contributed by atoms with Gasteiger partial charge in [-0.1, -0.05) is 24.3 Å². The van der Waals surface area contributed by atoms with Crippen molar-refractivity contribution in [3.8, 4) is 0 Å². The Balaban J connectivity index is 1.70. The van der Waals surface area contributed by atoms with E-state index in [1.54, 1.807) is 0 Å². The van der Waals surface area contributed by atoms with Crippen LogP contribution >= 0.6 is 11.8 Å². The van der Waals surface area contributed by atoms with Crippen LogP contribution in [0.3, 0.4) is 0 Å². The minimum Gasteiger partial charge on any atom is -0.309 e. The fourth-order valence-electron chi connectivity index (χ4n) is 1.71. The van der Waals surface area contributed by atoms with Gasteiger partial charge in [-0.05, 0) is 30.7 Å². The van der Waals surface area contributed by atoms with Crippen molar-refractivity contribution in [3.05, 3.63) is 60.4 Å². The zero-order valence-electron chi connectivity index (χ0n) is 10.5. The molecule has 94 valence electrons. The van der Waals surface area contributed by atoms with Crippen molar-refractivity contribution in [3.63, 3.8) is 0 Å². The third-order valence-electron chi connectivity index (χ3n) is 2.75. The van der Waals surface area contributed by atoms with Crippen molar-refractivity contribution >= 4 is 11.8 Å². The molecule has 1 heterocycles. The largest absolute Gasteiger partial charge is 0.309 e. The number of hydrogen-bond donors (Lipinski definition) is 1. The topological polar surface area (TPSA) is 24.9 Å². The second-order valence-electron chi connectivity index (χ2n) is 4.12. The Bertz CT molecular complexity index is 445. The molecule has 0 fully saturated rings. The van der Waals surface area contributed by atoms with E-state index in [0.29, 0.717) is 6.04 Å². The number of pyridine rings is 1. The molecule has 0 unspecified atom stereocenters. The SMILES string of the molecule is C[C@H](NCCSc1ccccc1)c1cccnc1. The Kier molecular flexibility index (Phi) is 5.24. The first kappa shape index (κ1) is 13.1. The quantitative estimate of drug-likeness (QED) is 0.634. The van der Waals surface area contributed by atoms with Gasteiger partial charge in [0.1, 0.15) is 0 Å². The predicted octanol–water partition coefficient (Wildman–Crippen LogP) is 3.52. The Labute approximate surface area is 113 Å². The molecule has 2 aromatic rings. The summed E-state index contributed by atoms with van der Waals surface area (Å²) in [6.45, 7) is 3.17. The highest BCUT2D eigenvalue weighted by Crippen LogP contribution is 2.16. The zero-order chi connectivity index (χ0) is 12.6. The smallest absolute Gasteiger partial charge is 0.0315 e. The van der Waals surface area contributed by atoms with E-state index in [4.69, 9.17) is 0 Å². The van der Waals surface area contributed by atoms with E-state index < -0.39 is 0 Å². The normalized spacial score (nSPS) is 12.3. The van der Waals surface area contributed by atoms with Gasteiger partial charge in [-0.3, -0.25) is 4.98 Å². The highest BCUT2D eigenvalue weighted by atomic mass is 32.2. The molecule has 0 amide bonds. The van der Waals surface area contributed by atoms with Crippen molar-refractivity contribution in [2.45, 2.75) is 17.9 Å². The summed E-state index contributed by atoms with van der Waals surface area (Å²) < 4.78 is 0. The van der Waals surface area contributed by atoms with Gasteiger partial charge < -0.3 is 5.32 Å². The minimum atomic E-state index is 0.357. The first-order chi connectivity index (χ1) is 8.86. The van der Waals surface area contributed by atoms with E-state index in [1.807, 2.05) is 36.3 Å². The third-order valence-corrected chi connectivity index (χ3v) is 3.76. The lowest BCUT2D eigenvalue weighted by atomic mass is 10.1. The molecular formula is C15H18N2S. The van der Waals surface area contributed by atoms with Crippen LogP contribution in [-0.2, 0) is 0 Å². The van der Waals surface area contributed by atoms with E-state index in [1.165, 1.54) is 10.5 Å². The van der Waals surface area contributed by atoms with Crippen LogP contribution in [0, 0.1) is 0 Å². The lowest BCUT2D eigenvalue weighted by Gasteiger charge is -2.13. The van der Waals surface area contributed by atoms with Gasteiger partial charge in [0.05, 0.1) is 0 Å². The van der Waals surface area contributed by atoms with E-state index in [2.05, 4.69) is 47.6 Å². The number of rotatable bonds is 6. The van der Waals surface area contributed by atoms with Crippen molar-refractivity contribution < 1.29 is 0 Å². The van der Waals surface area contributed by atoms with Crippen LogP contribution in [0.5, 0.6) is 0 Å². The van der Waals surface area contributed by atoms with Crippen LogP contribution < -0.4 is 5.32 Å². The van der Waals surface area contributed by atoms with Gasteiger partial charge in [-0.15, -0.1) is 11.8 Å². The Morgan fingerprint density at radius 1 is 1.17 bits per heavy atom. The summed E-state index contributed by atoms with van der Waals surface area (Å²) >= 11 is 1.88. The summed E-state index contributed by atoms with van der Waals surface area (Å²) in [6, 6.07) is 14.9. The maximum atomic E-state index is 4.14. The second kappa shape index (κ2) is 7.19. The molecular weight excluding hydrogens is 240 g/mol. The summed E-state index contributed by atoms with van der Waals surface area (Å²) in [5.41, 5.74) is 1.24. The zero-order valence-corrected chi connectivity index (χ0v) is 11.4. The lowest BCUT2D eigenvalue weighted by Crippen LogP contribution is -2.21. The molecule has 0 aliphatic carbocycles. The molecule has 3 heteroatoms. The van der Waals surface area contributed by atoms with E-state index >= 15 is 0 Å². The molecule has 1 aromatic carbocycles. The van der Waals surface area contributed by atoms with Gasteiger partial charge in [0.15, 0.2) is 0 Å². The molecule has 0 aliphatic heterocycles. The number of hydrogen-bond acceptors (Lipinski definition) is 3. The summed E-state index contributed by atoms with van der Waals surface area (Å²) in [6.07, 6.45) is 3.73. The summed E-state index contributed by atoms with van der Waals surface area (Å²) in [4.78, 5) is 5.46. The second-order valence-corrected chi connectivity index (χ2v) is 5.29. The highest BCUT2D eigenvalue weighted by Gasteiger charge is 2.03. The van der Waals surface area contributed by atoms with Crippen LogP contribution in [0.25, 0.3) is 0 Å². The van der Waals surface area contributed by atoms with Crippen LogP contribution in [0.4, 0.5) is 0 Å². The molecule has 0 bridgehead atoms. The molecule has 18 heavy (non-hydrogen) atoms. The van der Waals surface area contributed by atoms with Crippen molar-refractivity contribution in [1.29, 1.82) is 0 Å². The van der Waals surface area contributed by atoms with Crippen LogP contribution in [0.1, 0.15) is 18.5 Å². The molecule has 0 spiro atoms.